The number of nitrogens with zero attached hydrogens (tertiary/aromatic N) is 2. The lowest BCUT2D eigenvalue weighted by atomic mass is 9.89. The van der Waals surface area contributed by atoms with E-state index in [0.29, 0.717) is 6.42 Å². The molecule has 4 nitrogen and oxygen atoms in total. The van der Waals surface area contributed by atoms with Crippen LogP contribution in [0.4, 0.5) is 0 Å². The number of hydrogen-bond donors (Lipinski definition) is 1. The summed E-state index contributed by atoms with van der Waals surface area (Å²) in [5.74, 6) is 0.0767. The molecule has 0 saturated carbocycles. The van der Waals surface area contributed by atoms with E-state index in [4.69, 9.17) is 0 Å². The monoisotopic (exact) mass is 335 g/mol. The number of fused-ring (bicyclic) bond motifs is 1. The number of carbonyl (C=O) groups is 1. The number of amides is 1. The molecule has 0 radical (unpaired) electrons. The number of aryl methyl sites for hydroxylation is 1. The van der Waals surface area contributed by atoms with Gasteiger partial charge in [-0.2, -0.15) is 0 Å². The lowest BCUT2D eigenvalue weighted by molar-refractivity contribution is -0.121. The summed E-state index contributed by atoms with van der Waals surface area (Å²) in [6, 6.07) is 14.2. The highest BCUT2D eigenvalue weighted by molar-refractivity contribution is 5.77. The molecule has 0 saturated heterocycles. The molecule has 0 aliphatic carbocycles. The maximum absolute atomic E-state index is 12.5. The lowest BCUT2D eigenvalue weighted by Crippen LogP contribution is -2.26. The second-order valence-electron chi connectivity index (χ2n) is 6.43. The van der Waals surface area contributed by atoms with Gasteiger partial charge in [-0.05, 0) is 36.6 Å². The highest BCUT2D eigenvalue weighted by atomic mass is 16.1. The molecule has 0 spiro atoms. The van der Waals surface area contributed by atoms with Crippen LogP contribution < -0.4 is 5.32 Å². The predicted molar refractivity (Wildman–Crippen MR) is 101 cm³/mol. The molecule has 0 bridgehead atoms. The molecule has 0 aliphatic rings. The van der Waals surface area contributed by atoms with E-state index < -0.39 is 0 Å². The number of pyridine rings is 1. The third-order valence-electron chi connectivity index (χ3n) is 4.61. The van der Waals surface area contributed by atoms with E-state index in [0.717, 1.165) is 30.7 Å². The number of carbonyl (C=O) groups excluding carboxylic acids is 1. The smallest absolute Gasteiger partial charge is 0.221 e. The molecule has 2 aromatic heterocycles. The molecule has 1 N–H and O–H groups in total. The average molecular weight is 335 g/mol. The maximum Gasteiger partial charge on any atom is 0.221 e. The fraction of sp³-hybridized carbons (Fsp3) is 0.333. The Kier molecular flexibility index (Phi) is 5.49. The van der Waals surface area contributed by atoms with Crippen LogP contribution in [0, 0.1) is 6.92 Å². The third-order valence-corrected chi connectivity index (χ3v) is 4.61. The SMILES string of the molecule is CCCCNC(=O)CC(c1ccccc1C)c1cnc2ccccn12. The van der Waals surface area contributed by atoms with E-state index in [1.54, 1.807) is 0 Å². The van der Waals surface area contributed by atoms with E-state index in [1.165, 1.54) is 11.1 Å². The molecular weight excluding hydrogens is 310 g/mol. The first-order valence-corrected chi connectivity index (χ1v) is 8.95. The van der Waals surface area contributed by atoms with E-state index in [9.17, 15) is 4.79 Å². The van der Waals surface area contributed by atoms with Gasteiger partial charge in [-0.15, -0.1) is 0 Å². The number of hydrogen-bond acceptors (Lipinski definition) is 2. The summed E-state index contributed by atoms with van der Waals surface area (Å²) in [5, 5.41) is 3.04. The van der Waals surface area contributed by atoms with Crippen LogP contribution in [-0.4, -0.2) is 21.8 Å². The van der Waals surface area contributed by atoms with Gasteiger partial charge in [0, 0.05) is 31.3 Å². The largest absolute Gasteiger partial charge is 0.356 e. The molecule has 4 heteroatoms. The molecule has 1 amide bonds. The fourth-order valence-corrected chi connectivity index (χ4v) is 3.22. The van der Waals surface area contributed by atoms with Gasteiger partial charge >= 0.3 is 0 Å². The zero-order chi connectivity index (χ0) is 17.6. The Morgan fingerprint density at radius 1 is 1.20 bits per heavy atom. The van der Waals surface area contributed by atoms with Crippen LogP contribution in [0.15, 0.2) is 54.9 Å². The summed E-state index contributed by atoms with van der Waals surface area (Å²) >= 11 is 0. The van der Waals surface area contributed by atoms with Crippen molar-refractivity contribution in [3.8, 4) is 0 Å². The van der Waals surface area contributed by atoms with Crippen molar-refractivity contribution >= 4 is 11.6 Å². The second-order valence-corrected chi connectivity index (χ2v) is 6.43. The quantitative estimate of drug-likeness (QED) is 0.661. The van der Waals surface area contributed by atoms with Crippen LogP contribution in [0.2, 0.25) is 0 Å². The molecule has 3 rings (SSSR count). The number of rotatable bonds is 7. The van der Waals surface area contributed by atoms with Gasteiger partial charge in [0.15, 0.2) is 0 Å². The number of nitrogens with one attached hydrogen (secondary N) is 1. The van der Waals surface area contributed by atoms with Crippen molar-refractivity contribution in [3.63, 3.8) is 0 Å². The molecule has 1 atom stereocenters. The third kappa shape index (κ3) is 3.90. The summed E-state index contributed by atoms with van der Waals surface area (Å²) in [6.45, 7) is 4.96. The molecule has 2 heterocycles. The van der Waals surface area contributed by atoms with Gasteiger partial charge in [-0.1, -0.05) is 43.7 Å². The van der Waals surface area contributed by atoms with Crippen molar-refractivity contribution in [1.82, 2.24) is 14.7 Å². The van der Waals surface area contributed by atoms with Gasteiger partial charge in [0.25, 0.3) is 0 Å². The topological polar surface area (TPSA) is 46.4 Å². The average Bonchev–Trinajstić information content (AvgIpc) is 3.05. The van der Waals surface area contributed by atoms with Crippen molar-refractivity contribution < 1.29 is 4.79 Å². The summed E-state index contributed by atoms with van der Waals surface area (Å²) < 4.78 is 2.08. The van der Waals surface area contributed by atoms with Crippen molar-refractivity contribution in [3.05, 3.63) is 71.7 Å². The Bertz CT molecular complexity index is 853. The van der Waals surface area contributed by atoms with Crippen molar-refractivity contribution in [2.24, 2.45) is 0 Å². The fourth-order valence-electron chi connectivity index (χ4n) is 3.22. The Balaban J connectivity index is 1.95. The minimum atomic E-state index is -0.0137. The summed E-state index contributed by atoms with van der Waals surface area (Å²) in [5.41, 5.74) is 4.33. The van der Waals surface area contributed by atoms with Crippen LogP contribution in [0.1, 0.15) is 48.9 Å². The molecule has 0 fully saturated rings. The van der Waals surface area contributed by atoms with Gasteiger partial charge in [0.05, 0.1) is 5.69 Å². The van der Waals surface area contributed by atoms with Gasteiger partial charge < -0.3 is 9.72 Å². The van der Waals surface area contributed by atoms with Crippen LogP contribution in [0.25, 0.3) is 5.65 Å². The first-order valence-electron chi connectivity index (χ1n) is 8.95. The van der Waals surface area contributed by atoms with E-state index in [1.807, 2.05) is 42.7 Å². The minimum absolute atomic E-state index is 0.0137. The standard InChI is InChI=1S/C21H25N3O/c1-3-4-12-22-21(25)14-18(17-10-6-5-9-16(17)2)19-15-23-20-11-7-8-13-24(19)20/h5-11,13,15,18H,3-4,12,14H2,1-2H3,(H,22,25). The van der Waals surface area contributed by atoms with E-state index >= 15 is 0 Å². The molecule has 0 aliphatic heterocycles. The summed E-state index contributed by atoms with van der Waals surface area (Å²) in [4.78, 5) is 17.0. The summed E-state index contributed by atoms with van der Waals surface area (Å²) in [6.07, 6.45) is 6.42. The number of benzene rings is 1. The zero-order valence-electron chi connectivity index (χ0n) is 14.9. The Labute approximate surface area is 148 Å². The Hall–Kier alpha value is -2.62. The minimum Gasteiger partial charge on any atom is -0.356 e. The maximum atomic E-state index is 12.5. The normalized spacial score (nSPS) is 12.2. The van der Waals surface area contributed by atoms with Gasteiger partial charge in [-0.3, -0.25) is 4.79 Å². The van der Waals surface area contributed by atoms with Crippen LogP contribution in [-0.2, 0) is 4.79 Å². The van der Waals surface area contributed by atoms with Crippen LogP contribution in [0.3, 0.4) is 0 Å². The van der Waals surface area contributed by atoms with Gasteiger partial charge in [-0.25, -0.2) is 4.98 Å². The molecule has 25 heavy (non-hydrogen) atoms. The molecular formula is C21H25N3O. The van der Waals surface area contributed by atoms with Crippen molar-refractivity contribution in [2.45, 2.75) is 39.0 Å². The zero-order valence-corrected chi connectivity index (χ0v) is 14.9. The molecule has 1 unspecified atom stereocenters. The first-order chi connectivity index (χ1) is 12.2. The first kappa shape index (κ1) is 17.2. The highest BCUT2D eigenvalue weighted by Crippen LogP contribution is 2.30. The van der Waals surface area contributed by atoms with Crippen molar-refractivity contribution in [2.75, 3.05) is 6.54 Å². The second kappa shape index (κ2) is 7.97. The van der Waals surface area contributed by atoms with E-state index in [-0.39, 0.29) is 11.8 Å². The van der Waals surface area contributed by atoms with Gasteiger partial charge in [0.1, 0.15) is 5.65 Å². The number of imidazole rings is 1. The number of unbranched alkanes of at least 4 members (excludes halogenated alkanes) is 1. The Morgan fingerprint density at radius 3 is 2.80 bits per heavy atom. The van der Waals surface area contributed by atoms with Crippen molar-refractivity contribution in [1.29, 1.82) is 0 Å². The summed E-state index contributed by atoms with van der Waals surface area (Å²) in [7, 11) is 0. The highest BCUT2D eigenvalue weighted by Gasteiger charge is 2.22. The van der Waals surface area contributed by atoms with Crippen LogP contribution >= 0.6 is 0 Å². The predicted octanol–water partition coefficient (Wildman–Crippen LogP) is 4.08. The molecule has 3 aromatic rings. The Morgan fingerprint density at radius 2 is 2.00 bits per heavy atom. The molecule has 130 valence electrons. The van der Waals surface area contributed by atoms with Gasteiger partial charge in [0.2, 0.25) is 5.91 Å². The van der Waals surface area contributed by atoms with E-state index in [2.05, 4.69) is 40.7 Å². The number of aromatic nitrogens is 2. The molecule has 1 aromatic carbocycles. The lowest BCUT2D eigenvalue weighted by Gasteiger charge is -2.19. The van der Waals surface area contributed by atoms with Crippen LogP contribution in [0.5, 0.6) is 0 Å².